The van der Waals surface area contributed by atoms with Crippen LogP contribution in [0.15, 0.2) is 12.4 Å². The highest BCUT2D eigenvalue weighted by Crippen LogP contribution is 2.20. The topological polar surface area (TPSA) is 44.2 Å². The van der Waals surface area contributed by atoms with Crippen LogP contribution in [0, 0.1) is 0 Å². The summed E-state index contributed by atoms with van der Waals surface area (Å²) in [4.78, 5) is 7.11. The van der Waals surface area contributed by atoms with E-state index < -0.39 is 6.61 Å². The maximum absolute atomic E-state index is 11.7. The predicted molar refractivity (Wildman–Crippen MR) is 35.2 cm³/mol. The van der Waals surface area contributed by atoms with Gasteiger partial charge in [-0.15, -0.1) is 0 Å². The number of aromatic nitrogens is 2. The molecule has 0 bridgehead atoms. The average molecular weight is 176 g/mol. The SMILES string of the molecule is COc1nccnc1OC(F)F. The van der Waals surface area contributed by atoms with Gasteiger partial charge in [0.1, 0.15) is 0 Å². The highest BCUT2D eigenvalue weighted by Gasteiger charge is 2.11. The zero-order valence-electron chi connectivity index (χ0n) is 6.20. The first-order chi connectivity index (χ1) is 5.74. The molecule has 0 saturated heterocycles. The minimum Gasteiger partial charge on any atom is -0.477 e. The summed E-state index contributed by atoms with van der Waals surface area (Å²) in [5, 5.41) is 0. The van der Waals surface area contributed by atoms with E-state index in [-0.39, 0.29) is 11.8 Å². The molecule has 0 radical (unpaired) electrons. The van der Waals surface area contributed by atoms with Crippen molar-refractivity contribution in [2.75, 3.05) is 7.11 Å². The maximum atomic E-state index is 11.7. The molecule has 0 N–H and O–H groups in total. The van der Waals surface area contributed by atoms with Crippen molar-refractivity contribution in [3.05, 3.63) is 12.4 Å². The van der Waals surface area contributed by atoms with Crippen LogP contribution < -0.4 is 9.47 Å². The fraction of sp³-hybridized carbons (Fsp3) is 0.333. The summed E-state index contributed by atoms with van der Waals surface area (Å²) >= 11 is 0. The van der Waals surface area contributed by atoms with Crippen molar-refractivity contribution in [3.8, 4) is 11.8 Å². The molecule has 0 amide bonds. The van der Waals surface area contributed by atoms with Crippen LogP contribution in [0.1, 0.15) is 0 Å². The molecule has 0 aliphatic carbocycles. The third-order valence-corrected chi connectivity index (χ3v) is 1.03. The van der Waals surface area contributed by atoms with E-state index in [1.807, 2.05) is 0 Å². The van der Waals surface area contributed by atoms with Crippen LogP contribution in [0.4, 0.5) is 8.78 Å². The molecule has 0 spiro atoms. The predicted octanol–water partition coefficient (Wildman–Crippen LogP) is 1.09. The Hall–Kier alpha value is -1.46. The van der Waals surface area contributed by atoms with Crippen molar-refractivity contribution < 1.29 is 18.3 Å². The standard InChI is InChI=1S/C6H6F2N2O2/c1-11-4-5(12-6(7)8)10-3-2-9-4/h2-3,6H,1H3. The summed E-state index contributed by atoms with van der Waals surface area (Å²) in [6.07, 6.45) is 2.55. The summed E-state index contributed by atoms with van der Waals surface area (Å²) < 4.78 is 32.0. The number of halogens is 2. The molecule has 1 rings (SSSR count). The molecule has 1 aromatic heterocycles. The molecule has 0 saturated carbocycles. The van der Waals surface area contributed by atoms with Gasteiger partial charge in [-0.25, -0.2) is 9.97 Å². The molecule has 0 unspecified atom stereocenters. The van der Waals surface area contributed by atoms with E-state index in [4.69, 9.17) is 0 Å². The average Bonchev–Trinajstić information content (AvgIpc) is 2.04. The molecular formula is C6H6F2N2O2. The first kappa shape index (κ1) is 8.63. The first-order valence-corrected chi connectivity index (χ1v) is 3.04. The van der Waals surface area contributed by atoms with Gasteiger partial charge in [0.25, 0.3) is 11.8 Å². The van der Waals surface area contributed by atoms with E-state index in [9.17, 15) is 8.78 Å². The summed E-state index contributed by atoms with van der Waals surface area (Å²) in [6.45, 7) is -2.92. The summed E-state index contributed by atoms with van der Waals surface area (Å²) in [5.74, 6) is -0.368. The Balaban J connectivity index is 2.82. The summed E-state index contributed by atoms with van der Waals surface area (Å²) in [5.41, 5.74) is 0. The van der Waals surface area contributed by atoms with Gasteiger partial charge in [-0.1, -0.05) is 0 Å². The second-order valence-electron chi connectivity index (χ2n) is 1.75. The minimum atomic E-state index is -2.92. The molecule has 0 atom stereocenters. The molecule has 0 aromatic carbocycles. The molecule has 4 nitrogen and oxygen atoms in total. The number of alkyl halides is 2. The fourth-order valence-corrected chi connectivity index (χ4v) is 0.618. The van der Waals surface area contributed by atoms with Gasteiger partial charge in [-0.3, -0.25) is 0 Å². The lowest BCUT2D eigenvalue weighted by molar-refractivity contribution is -0.0547. The first-order valence-electron chi connectivity index (χ1n) is 3.04. The Labute approximate surface area is 67.2 Å². The summed E-state index contributed by atoms with van der Waals surface area (Å²) in [6, 6.07) is 0. The molecule has 1 heterocycles. The van der Waals surface area contributed by atoms with Gasteiger partial charge in [0, 0.05) is 12.4 Å². The number of nitrogens with zero attached hydrogens (tertiary/aromatic N) is 2. The van der Waals surface area contributed by atoms with Crippen LogP contribution in [0.5, 0.6) is 11.8 Å². The monoisotopic (exact) mass is 176 g/mol. The van der Waals surface area contributed by atoms with E-state index in [0.29, 0.717) is 0 Å². The van der Waals surface area contributed by atoms with Gasteiger partial charge in [-0.05, 0) is 0 Å². The third kappa shape index (κ3) is 2.01. The Morgan fingerprint density at radius 2 is 1.83 bits per heavy atom. The quantitative estimate of drug-likeness (QED) is 0.691. The fourth-order valence-electron chi connectivity index (χ4n) is 0.618. The molecule has 0 aliphatic heterocycles. The molecular weight excluding hydrogens is 170 g/mol. The number of hydrogen-bond acceptors (Lipinski definition) is 4. The van der Waals surface area contributed by atoms with E-state index in [1.165, 1.54) is 19.5 Å². The zero-order valence-corrected chi connectivity index (χ0v) is 6.20. The minimum absolute atomic E-state index is 0.0576. The lowest BCUT2D eigenvalue weighted by Gasteiger charge is -2.05. The Bertz CT molecular complexity index is 257. The molecule has 12 heavy (non-hydrogen) atoms. The van der Waals surface area contributed by atoms with Gasteiger partial charge in [0.05, 0.1) is 7.11 Å². The zero-order chi connectivity index (χ0) is 8.97. The number of hydrogen-bond donors (Lipinski definition) is 0. The molecule has 6 heteroatoms. The van der Waals surface area contributed by atoms with E-state index >= 15 is 0 Å². The van der Waals surface area contributed by atoms with Crippen molar-refractivity contribution in [3.63, 3.8) is 0 Å². The van der Waals surface area contributed by atoms with Crippen molar-refractivity contribution in [1.29, 1.82) is 0 Å². The third-order valence-electron chi connectivity index (χ3n) is 1.03. The maximum Gasteiger partial charge on any atom is 0.388 e. The normalized spacial score (nSPS) is 10.0. The highest BCUT2D eigenvalue weighted by molar-refractivity contribution is 5.23. The van der Waals surface area contributed by atoms with Crippen LogP contribution in [0.2, 0.25) is 0 Å². The van der Waals surface area contributed by atoms with Gasteiger partial charge in [0.15, 0.2) is 0 Å². The Morgan fingerprint density at radius 3 is 2.33 bits per heavy atom. The van der Waals surface area contributed by atoms with Crippen LogP contribution in [-0.4, -0.2) is 23.7 Å². The molecule has 1 aromatic rings. The second-order valence-corrected chi connectivity index (χ2v) is 1.75. The Kier molecular flexibility index (Phi) is 2.73. The van der Waals surface area contributed by atoms with Crippen molar-refractivity contribution in [2.24, 2.45) is 0 Å². The highest BCUT2D eigenvalue weighted by atomic mass is 19.3. The Morgan fingerprint density at radius 1 is 1.25 bits per heavy atom. The van der Waals surface area contributed by atoms with Gasteiger partial charge in [-0.2, -0.15) is 8.78 Å². The van der Waals surface area contributed by atoms with Crippen LogP contribution >= 0.6 is 0 Å². The molecule has 0 fully saturated rings. The van der Waals surface area contributed by atoms with Crippen LogP contribution in [0.3, 0.4) is 0 Å². The second kappa shape index (κ2) is 3.80. The lowest BCUT2D eigenvalue weighted by atomic mass is 10.7. The van der Waals surface area contributed by atoms with E-state index in [2.05, 4.69) is 19.4 Å². The lowest BCUT2D eigenvalue weighted by Crippen LogP contribution is -2.05. The smallest absolute Gasteiger partial charge is 0.388 e. The molecule has 0 aliphatic rings. The van der Waals surface area contributed by atoms with Crippen LogP contribution in [-0.2, 0) is 0 Å². The number of rotatable bonds is 3. The van der Waals surface area contributed by atoms with Crippen LogP contribution in [0.25, 0.3) is 0 Å². The van der Waals surface area contributed by atoms with Crippen molar-refractivity contribution in [2.45, 2.75) is 6.61 Å². The number of ether oxygens (including phenoxy) is 2. The number of methoxy groups -OCH3 is 1. The van der Waals surface area contributed by atoms with Gasteiger partial charge < -0.3 is 9.47 Å². The van der Waals surface area contributed by atoms with Crippen molar-refractivity contribution in [1.82, 2.24) is 9.97 Å². The molecule has 66 valence electrons. The van der Waals surface area contributed by atoms with Gasteiger partial charge in [0.2, 0.25) is 0 Å². The van der Waals surface area contributed by atoms with Gasteiger partial charge >= 0.3 is 6.61 Å². The van der Waals surface area contributed by atoms with E-state index in [0.717, 1.165) is 0 Å². The summed E-state index contributed by atoms with van der Waals surface area (Å²) in [7, 11) is 1.29. The van der Waals surface area contributed by atoms with Crippen molar-refractivity contribution >= 4 is 0 Å². The van der Waals surface area contributed by atoms with E-state index in [1.54, 1.807) is 0 Å². The largest absolute Gasteiger partial charge is 0.477 e.